The van der Waals surface area contributed by atoms with Crippen LogP contribution in [0, 0.1) is 10.1 Å². The monoisotopic (exact) mass is 228 g/mol. The second kappa shape index (κ2) is 4.27. The van der Waals surface area contributed by atoms with Crippen molar-refractivity contribution in [3.63, 3.8) is 0 Å². The maximum Gasteiger partial charge on any atom is 0.312 e. The molecule has 0 atom stereocenters. The summed E-state index contributed by atoms with van der Waals surface area (Å²) >= 11 is 5.70. The number of aliphatic imine (C=N–C) groups is 1. The van der Waals surface area contributed by atoms with E-state index in [1.165, 1.54) is 13.1 Å². The lowest BCUT2D eigenvalue weighted by molar-refractivity contribution is -0.385. The topological polar surface area (TPSA) is 75.7 Å². The van der Waals surface area contributed by atoms with Crippen molar-refractivity contribution in [1.29, 1.82) is 0 Å². The van der Waals surface area contributed by atoms with E-state index in [0.717, 1.165) is 6.07 Å². The number of nitrogens with zero attached hydrogens (tertiary/aromatic N) is 2. The van der Waals surface area contributed by atoms with E-state index in [-0.39, 0.29) is 10.6 Å². The first kappa shape index (κ1) is 11.5. The fourth-order valence-corrected chi connectivity index (χ4v) is 1.33. The first-order valence-electron chi connectivity index (χ1n) is 4.08. The molecule has 0 saturated carbocycles. The first-order chi connectivity index (χ1) is 6.97. The summed E-state index contributed by atoms with van der Waals surface area (Å²) in [5.74, 6) is -0.410. The van der Waals surface area contributed by atoms with Crippen molar-refractivity contribution in [2.75, 3.05) is 7.05 Å². The maximum atomic E-state index is 10.6. The Kier molecular flexibility index (Phi) is 3.26. The average Bonchev–Trinajstić information content (AvgIpc) is 2.19. The summed E-state index contributed by atoms with van der Waals surface area (Å²) in [4.78, 5) is 13.7. The molecule has 1 aromatic carbocycles. The number of nitro benzene ring substituents is 1. The minimum Gasteiger partial charge on any atom is -0.502 e. The highest BCUT2D eigenvalue weighted by Gasteiger charge is 2.19. The molecule has 1 N–H and O–H groups in total. The van der Waals surface area contributed by atoms with Crippen molar-refractivity contribution in [2.45, 2.75) is 6.92 Å². The second-order valence-corrected chi connectivity index (χ2v) is 3.32. The Morgan fingerprint density at radius 2 is 2.20 bits per heavy atom. The Hall–Kier alpha value is -1.62. The number of rotatable bonds is 2. The van der Waals surface area contributed by atoms with E-state index in [1.807, 2.05) is 0 Å². The summed E-state index contributed by atoms with van der Waals surface area (Å²) in [5, 5.41) is 20.4. The van der Waals surface area contributed by atoms with Crippen molar-refractivity contribution in [1.82, 2.24) is 0 Å². The molecule has 0 aliphatic heterocycles. The largest absolute Gasteiger partial charge is 0.502 e. The van der Waals surface area contributed by atoms with Gasteiger partial charge in [-0.15, -0.1) is 0 Å². The molecule has 0 heterocycles. The first-order valence-corrected chi connectivity index (χ1v) is 4.45. The third-order valence-electron chi connectivity index (χ3n) is 1.98. The third-order valence-corrected chi connectivity index (χ3v) is 2.19. The highest BCUT2D eigenvalue weighted by molar-refractivity contribution is 6.31. The molecule has 0 saturated heterocycles. The molecule has 0 bridgehead atoms. The van der Waals surface area contributed by atoms with Gasteiger partial charge in [-0.3, -0.25) is 15.1 Å². The van der Waals surface area contributed by atoms with E-state index < -0.39 is 16.4 Å². The molecule has 5 nitrogen and oxygen atoms in total. The van der Waals surface area contributed by atoms with Crippen LogP contribution < -0.4 is 0 Å². The maximum absolute atomic E-state index is 10.6. The van der Waals surface area contributed by atoms with Gasteiger partial charge in [-0.05, 0) is 13.0 Å². The summed E-state index contributed by atoms with van der Waals surface area (Å²) in [5.41, 5.74) is 0.343. The van der Waals surface area contributed by atoms with Gasteiger partial charge in [-0.25, -0.2) is 0 Å². The highest BCUT2D eigenvalue weighted by Crippen LogP contribution is 2.33. The minimum absolute atomic E-state index is 0.192. The van der Waals surface area contributed by atoms with Crippen LogP contribution in [0.4, 0.5) is 5.69 Å². The van der Waals surface area contributed by atoms with Crippen LogP contribution in [-0.4, -0.2) is 22.8 Å². The van der Waals surface area contributed by atoms with Crippen LogP contribution in [0.25, 0.3) is 0 Å². The molecule has 0 unspecified atom stereocenters. The summed E-state index contributed by atoms with van der Waals surface area (Å²) in [6.45, 7) is 1.63. The Bertz CT molecular complexity index is 443. The van der Waals surface area contributed by atoms with Gasteiger partial charge in [0.1, 0.15) is 0 Å². The van der Waals surface area contributed by atoms with E-state index >= 15 is 0 Å². The van der Waals surface area contributed by atoms with Crippen molar-refractivity contribution in [2.24, 2.45) is 4.99 Å². The number of halogens is 1. The van der Waals surface area contributed by atoms with E-state index in [1.54, 1.807) is 6.92 Å². The average molecular weight is 229 g/mol. The van der Waals surface area contributed by atoms with Crippen LogP contribution in [-0.2, 0) is 0 Å². The number of phenols is 1. The molecular formula is C9H9ClN2O3. The molecule has 0 aliphatic carbocycles. The van der Waals surface area contributed by atoms with E-state index in [9.17, 15) is 15.2 Å². The zero-order valence-corrected chi connectivity index (χ0v) is 8.95. The summed E-state index contributed by atoms with van der Waals surface area (Å²) in [6.07, 6.45) is 0. The number of hydrogen-bond acceptors (Lipinski definition) is 4. The normalized spacial score (nSPS) is 11.5. The van der Waals surface area contributed by atoms with Gasteiger partial charge in [-0.2, -0.15) is 0 Å². The lowest BCUT2D eigenvalue weighted by Gasteiger charge is -2.04. The fraction of sp³-hybridized carbons (Fsp3) is 0.222. The molecule has 0 aliphatic rings. The molecule has 0 radical (unpaired) electrons. The van der Waals surface area contributed by atoms with E-state index in [0.29, 0.717) is 5.71 Å². The Morgan fingerprint density at radius 1 is 1.60 bits per heavy atom. The highest BCUT2D eigenvalue weighted by atomic mass is 35.5. The van der Waals surface area contributed by atoms with E-state index in [2.05, 4.69) is 4.99 Å². The predicted molar refractivity (Wildman–Crippen MR) is 57.9 cm³/mol. The molecule has 80 valence electrons. The Morgan fingerprint density at radius 3 is 2.67 bits per heavy atom. The van der Waals surface area contributed by atoms with Gasteiger partial charge >= 0.3 is 5.69 Å². The Labute approximate surface area is 91.2 Å². The molecule has 15 heavy (non-hydrogen) atoms. The number of benzene rings is 1. The van der Waals surface area contributed by atoms with Crippen molar-refractivity contribution in [3.8, 4) is 5.75 Å². The quantitative estimate of drug-likeness (QED) is 0.480. The SMILES string of the molecule is CN=C(C)c1cc(Cl)cc([N+](=O)[O-])c1O. The van der Waals surface area contributed by atoms with Gasteiger partial charge in [0.05, 0.1) is 4.92 Å². The zero-order chi connectivity index (χ0) is 11.6. The molecule has 6 heteroatoms. The van der Waals surface area contributed by atoms with Crippen LogP contribution in [0.2, 0.25) is 5.02 Å². The van der Waals surface area contributed by atoms with Gasteiger partial charge in [0, 0.05) is 29.4 Å². The molecule has 0 spiro atoms. The van der Waals surface area contributed by atoms with Crippen LogP contribution in [0.1, 0.15) is 12.5 Å². The third kappa shape index (κ3) is 2.24. The molecule has 0 amide bonds. The molecular weight excluding hydrogens is 220 g/mol. The minimum atomic E-state index is -0.687. The number of nitro groups is 1. The molecule has 0 aromatic heterocycles. The summed E-state index contributed by atoms with van der Waals surface area (Å²) < 4.78 is 0. The van der Waals surface area contributed by atoms with Gasteiger partial charge in [0.25, 0.3) is 0 Å². The molecule has 1 aromatic rings. The van der Waals surface area contributed by atoms with Crippen LogP contribution in [0.3, 0.4) is 0 Å². The van der Waals surface area contributed by atoms with Crippen LogP contribution in [0.5, 0.6) is 5.75 Å². The fourth-order valence-electron chi connectivity index (χ4n) is 1.12. The van der Waals surface area contributed by atoms with E-state index in [4.69, 9.17) is 11.6 Å². The van der Waals surface area contributed by atoms with Crippen molar-refractivity contribution in [3.05, 3.63) is 32.8 Å². The van der Waals surface area contributed by atoms with Crippen LogP contribution in [0.15, 0.2) is 17.1 Å². The zero-order valence-electron chi connectivity index (χ0n) is 8.19. The number of aromatic hydroxyl groups is 1. The molecule has 1 rings (SSSR count). The summed E-state index contributed by atoms with van der Waals surface area (Å²) in [7, 11) is 1.53. The smallest absolute Gasteiger partial charge is 0.312 e. The van der Waals surface area contributed by atoms with Crippen molar-refractivity contribution >= 4 is 23.0 Å². The second-order valence-electron chi connectivity index (χ2n) is 2.89. The molecule has 0 fully saturated rings. The standard InChI is InChI=1S/C9H9ClN2O3/c1-5(11-2)7-3-6(10)4-8(9(7)13)12(14)15/h3-4,13H,1-2H3. The predicted octanol–water partition coefficient (Wildman–Crippen LogP) is 2.39. The van der Waals surface area contributed by atoms with Gasteiger partial charge in [0.2, 0.25) is 5.75 Å². The number of hydrogen-bond donors (Lipinski definition) is 1. The van der Waals surface area contributed by atoms with Gasteiger partial charge < -0.3 is 5.11 Å². The Balaban J connectivity index is 3.48. The number of phenolic OH excluding ortho intramolecular Hbond substituents is 1. The lowest BCUT2D eigenvalue weighted by atomic mass is 10.1. The van der Waals surface area contributed by atoms with Gasteiger partial charge in [0.15, 0.2) is 0 Å². The van der Waals surface area contributed by atoms with Gasteiger partial charge in [-0.1, -0.05) is 11.6 Å². The van der Waals surface area contributed by atoms with Crippen LogP contribution >= 0.6 is 11.6 Å². The lowest BCUT2D eigenvalue weighted by Crippen LogP contribution is -1.98. The summed E-state index contributed by atoms with van der Waals surface area (Å²) in [6, 6.07) is 2.54. The van der Waals surface area contributed by atoms with Crippen molar-refractivity contribution < 1.29 is 10.0 Å².